The van der Waals surface area contributed by atoms with E-state index in [2.05, 4.69) is 6.92 Å². The minimum Gasteiger partial charge on any atom is -0.466 e. The third-order valence-corrected chi connectivity index (χ3v) is 2.85. The number of carbonyl (C=O) groups is 1. The van der Waals surface area contributed by atoms with Crippen LogP contribution in [0.1, 0.15) is 67.3 Å². The molecule has 16 heavy (non-hydrogen) atoms. The molecule has 0 radical (unpaired) electrons. The van der Waals surface area contributed by atoms with E-state index in [-0.39, 0.29) is 5.78 Å². The van der Waals surface area contributed by atoms with E-state index in [9.17, 15) is 4.79 Å². The standard InChI is InChI=1S/C14H22O2/c1-4-5-6-7-8-9-14(15)13-10-11(2)16-12(13)3/h10H,4-9H2,1-3H3. The number of carbonyl (C=O) groups excluding carboxylic acids is 1. The highest BCUT2D eigenvalue weighted by atomic mass is 16.3. The van der Waals surface area contributed by atoms with Crippen LogP contribution in [0.3, 0.4) is 0 Å². The molecule has 1 heterocycles. The Morgan fingerprint density at radius 3 is 2.44 bits per heavy atom. The second-order valence-electron chi connectivity index (χ2n) is 4.41. The van der Waals surface area contributed by atoms with Crippen molar-refractivity contribution in [1.82, 2.24) is 0 Å². The summed E-state index contributed by atoms with van der Waals surface area (Å²) in [5.74, 6) is 1.81. The Labute approximate surface area is 98.0 Å². The van der Waals surface area contributed by atoms with E-state index < -0.39 is 0 Å². The van der Waals surface area contributed by atoms with Crippen molar-refractivity contribution >= 4 is 5.78 Å². The molecule has 0 aliphatic carbocycles. The summed E-state index contributed by atoms with van der Waals surface area (Å²) >= 11 is 0. The molecule has 0 bridgehead atoms. The van der Waals surface area contributed by atoms with Crippen LogP contribution in [0.25, 0.3) is 0 Å². The van der Waals surface area contributed by atoms with Gasteiger partial charge < -0.3 is 4.42 Å². The average molecular weight is 222 g/mol. The average Bonchev–Trinajstić information content (AvgIpc) is 2.57. The van der Waals surface area contributed by atoms with Crippen molar-refractivity contribution in [2.75, 3.05) is 0 Å². The van der Waals surface area contributed by atoms with Crippen molar-refractivity contribution in [2.45, 2.75) is 59.3 Å². The monoisotopic (exact) mass is 222 g/mol. The summed E-state index contributed by atoms with van der Waals surface area (Å²) in [6.45, 7) is 5.94. The Kier molecular flexibility index (Phi) is 5.30. The second kappa shape index (κ2) is 6.51. The molecule has 0 N–H and O–H groups in total. The number of ketones is 1. The number of furan rings is 1. The zero-order valence-electron chi connectivity index (χ0n) is 10.6. The number of Topliss-reactive ketones (excluding diaryl/α,β-unsaturated/α-hetero) is 1. The van der Waals surface area contributed by atoms with Gasteiger partial charge in [-0.1, -0.05) is 32.6 Å². The molecule has 2 heteroatoms. The third-order valence-electron chi connectivity index (χ3n) is 2.85. The van der Waals surface area contributed by atoms with Gasteiger partial charge in [0.2, 0.25) is 0 Å². The van der Waals surface area contributed by atoms with E-state index >= 15 is 0 Å². The number of hydrogen-bond acceptors (Lipinski definition) is 2. The number of hydrogen-bond donors (Lipinski definition) is 0. The Hall–Kier alpha value is -1.05. The lowest BCUT2D eigenvalue weighted by atomic mass is 10.0. The van der Waals surface area contributed by atoms with Gasteiger partial charge >= 0.3 is 0 Å². The van der Waals surface area contributed by atoms with Crippen molar-refractivity contribution in [3.8, 4) is 0 Å². The maximum atomic E-state index is 11.9. The lowest BCUT2D eigenvalue weighted by Crippen LogP contribution is -1.98. The van der Waals surface area contributed by atoms with Gasteiger partial charge in [0.15, 0.2) is 5.78 Å². The van der Waals surface area contributed by atoms with Crippen molar-refractivity contribution in [3.05, 3.63) is 23.2 Å². The summed E-state index contributed by atoms with van der Waals surface area (Å²) in [7, 11) is 0. The molecule has 1 aromatic heterocycles. The van der Waals surface area contributed by atoms with E-state index in [0.29, 0.717) is 6.42 Å². The van der Waals surface area contributed by atoms with Gasteiger partial charge in [0, 0.05) is 6.42 Å². The van der Waals surface area contributed by atoms with Gasteiger partial charge in [0.1, 0.15) is 11.5 Å². The van der Waals surface area contributed by atoms with Gasteiger partial charge in [-0.2, -0.15) is 0 Å². The predicted octanol–water partition coefficient (Wildman–Crippen LogP) is 4.44. The molecule has 1 rings (SSSR count). The highest BCUT2D eigenvalue weighted by Gasteiger charge is 2.12. The summed E-state index contributed by atoms with van der Waals surface area (Å²) in [4.78, 5) is 11.9. The fraction of sp³-hybridized carbons (Fsp3) is 0.643. The fourth-order valence-corrected chi connectivity index (χ4v) is 1.93. The third kappa shape index (κ3) is 3.84. The summed E-state index contributed by atoms with van der Waals surface area (Å²) in [6, 6.07) is 1.85. The maximum Gasteiger partial charge on any atom is 0.166 e. The highest BCUT2D eigenvalue weighted by molar-refractivity contribution is 5.97. The first-order valence-electron chi connectivity index (χ1n) is 6.25. The largest absolute Gasteiger partial charge is 0.466 e. The van der Waals surface area contributed by atoms with E-state index in [4.69, 9.17) is 4.42 Å². The molecule has 0 unspecified atom stereocenters. The molecular weight excluding hydrogens is 200 g/mol. The molecule has 0 amide bonds. The molecule has 0 atom stereocenters. The highest BCUT2D eigenvalue weighted by Crippen LogP contribution is 2.17. The van der Waals surface area contributed by atoms with Crippen LogP contribution in [0.4, 0.5) is 0 Å². The molecule has 0 saturated carbocycles. The van der Waals surface area contributed by atoms with Crippen LogP contribution in [-0.2, 0) is 0 Å². The van der Waals surface area contributed by atoms with Crippen LogP contribution in [-0.4, -0.2) is 5.78 Å². The molecule has 90 valence electrons. The van der Waals surface area contributed by atoms with Crippen LogP contribution < -0.4 is 0 Å². The van der Waals surface area contributed by atoms with Crippen LogP contribution in [0, 0.1) is 13.8 Å². The van der Waals surface area contributed by atoms with Gasteiger partial charge in [0.05, 0.1) is 5.56 Å². The van der Waals surface area contributed by atoms with Crippen LogP contribution in [0.15, 0.2) is 10.5 Å². The van der Waals surface area contributed by atoms with Gasteiger partial charge in [-0.05, 0) is 26.3 Å². The molecular formula is C14H22O2. The quantitative estimate of drug-likeness (QED) is 0.504. The van der Waals surface area contributed by atoms with E-state index in [1.165, 1.54) is 19.3 Å². The van der Waals surface area contributed by atoms with Gasteiger partial charge in [-0.15, -0.1) is 0 Å². The maximum absolute atomic E-state index is 11.9. The Bertz CT molecular complexity index is 337. The molecule has 1 aromatic rings. The number of unbranched alkanes of at least 4 members (excludes halogenated alkanes) is 4. The summed E-state index contributed by atoms with van der Waals surface area (Å²) in [6.07, 6.45) is 6.58. The lowest BCUT2D eigenvalue weighted by molar-refractivity contribution is 0.0977. The molecule has 0 spiro atoms. The van der Waals surface area contributed by atoms with Crippen LogP contribution >= 0.6 is 0 Å². The Morgan fingerprint density at radius 1 is 1.19 bits per heavy atom. The van der Waals surface area contributed by atoms with Crippen molar-refractivity contribution in [3.63, 3.8) is 0 Å². The second-order valence-corrected chi connectivity index (χ2v) is 4.41. The fourth-order valence-electron chi connectivity index (χ4n) is 1.93. The van der Waals surface area contributed by atoms with Crippen molar-refractivity contribution in [1.29, 1.82) is 0 Å². The van der Waals surface area contributed by atoms with E-state index in [1.54, 1.807) is 0 Å². The van der Waals surface area contributed by atoms with E-state index in [1.807, 2.05) is 19.9 Å². The van der Waals surface area contributed by atoms with E-state index in [0.717, 1.165) is 29.9 Å². The molecule has 2 nitrogen and oxygen atoms in total. The predicted molar refractivity (Wildman–Crippen MR) is 65.9 cm³/mol. The minimum atomic E-state index is 0.228. The summed E-state index contributed by atoms with van der Waals surface area (Å²) in [5, 5.41) is 0. The first-order valence-corrected chi connectivity index (χ1v) is 6.25. The smallest absolute Gasteiger partial charge is 0.166 e. The molecule has 0 aromatic carbocycles. The van der Waals surface area contributed by atoms with Gasteiger partial charge in [0.25, 0.3) is 0 Å². The zero-order chi connectivity index (χ0) is 12.0. The van der Waals surface area contributed by atoms with Crippen molar-refractivity contribution in [2.24, 2.45) is 0 Å². The molecule has 0 fully saturated rings. The summed E-state index contributed by atoms with van der Waals surface area (Å²) in [5.41, 5.74) is 0.771. The van der Waals surface area contributed by atoms with Gasteiger partial charge in [-0.25, -0.2) is 0 Å². The van der Waals surface area contributed by atoms with Crippen molar-refractivity contribution < 1.29 is 9.21 Å². The minimum absolute atomic E-state index is 0.228. The normalized spacial score (nSPS) is 10.7. The number of rotatable bonds is 7. The Morgan fingerprint density at radius 2 is 1.88 bits per heavy atom. The van der Waals surface area contributed by atoms with Crippen LogP contribution in [0.5, 0.6) is 0 Å². The lowest BCUT2D eigenvalue weighted by Gasteiger charge is -1.99. The topological polar surface area (TPSA) is 30.2 Å². The Balaban J connectivity index is 2.33. The summed E-state index contributed by atoms with van der Waals surface area (Å²) < 4.78 is 5.36. The molecule has 0 saturated heterocycles. The van der Waals surface area contributed by atoms with Gasteiger partial charge in [-0.3, -0.25) is 4.79 Å². The first-order chi connectivity index (χ1) is 7.65. The number of aryl methyl sites for hydroxylation is 2. The van der Waals surface area contributed by atoms with Crippen LogP contribution in [0.2, 0.25) is 0 Å². The SMILES string of the molecule is CCCCCCCC(=O)c1cc(C)oc1C. The molecule has 0 aliphatic heterocycles. The zero-order valence-corrected chi connectivity index (χ0v) is 10.6. The molecule has 0 aliphatic rings. The first kappa shape index (κ1) is 13.0.